The zero-order valence-corrected chi connectivity index (χ0v) is 11.7. The van der Waals surface area contributed by atoms with Crippen LogP contribution in [0, 0.1) is 0 Å². The average molecular weight is 261 g/mol. The molecule has 88 valence electrons. The summed E-state index contributed by atoms with van der Waals surface area (Å²) in [5, 5.41) is 1.41. The Balaban J connectivity index is 2.25. The molecule has 0 saturated heterocycles. The van der Waals surface area contributed by atoms with Crippen LogP contribution in [-0.4, -0.2) is 16.1 Å². The van der Waals surface area contributed by atoms with Gasteiger partial charge in [0.05, 0.1) is 5.69 Å². The van der Waals surface area contributed by atoms with Gasteiger partial charge in [-0.25, -0.2) is 0 Å². The van der Waals surface area contributed by atoms with Crippen LogP contribution < -0.4 is 0 Å². The topological polar surface area (TPSA) is 4.93 Å². The van der Waals surface area contributed by atoms with Crippen molar-refractivity contribution in [2.24, 2.45) is 7.05 Å². The van der Waals surface area contributed by atoms with E-state index < -0.39 is 0 Å². The highest BCUT2D eigenvalue weighted by molar-refractivity contribution is 8.00. The fourth-order valence-electron chi connectivity index (χ4n) is 2.30. The van der Waals surface area contributed by atoms with Gasteiger partial charge >= 0.3 is 0 Å². The molecule has 1 aromatic carbocycles. The van der Waals surface area contributed by atoms with Crippen molar-refractivity contribution in [3.8, 4) is 0 Å². The summed E-state index contributed by atoms with van der Waals surface area (Å²) in [6.45, 7) is 2.20. The maximum atomic E-state index is 2.34. The van der Waals surface area contributed by atoms with Crippen molar-refractivity contribution in [3.63, 3.8) is 0 Å². The molecule has 0 amide bonds. The van der Waals surface area contributed by atoms with E-state index in [4.69, 9.17) is 0 Å². The van der Waals surface area contributed by atoms with Gasteiger partial charge in [-0.2, -0.15) is 0 Å². The second-order valence-electron chi connectivity index (χ2n) is 4.10. The summed E-state index contributed by atoms with van der Waals surface area (Å²) < 4.78 is 2.30. The fraction of sp³-hybridized carbons (Fsp3) is 0.286. The number of hydrogen-bond donors (Lipinski definition) is 0. The molecule has 17 heavy (non-hydrogen) atoms. The molecule has 3 heteroatoms. The minimum Gasteiger partial charge on any atom is -0.343 e. The lowest BCUT2D eigenvalue weighted by atomic mass is 10.2. The van der Waals surface area contributed by atoms with E-state index in [-0.39, 0.29) is 0 Å². The van der Waals surface area contributed by atoms with Crippen molar-refractivity contribution in [3.05, 3.63) is 30.0 Å². The highest BCUT2D eigenvalue weighted by atomic mass is 32.2. The number of aromatic nitrogens is 1. The number of thioether (sulfide) groups is 2. The van der Waals surface area contributed by atoms with E-state index in [9.17, 15) is 0 Å². The maximum absolute atomic E-state index is 2.34. The summed E-state index contributed by atoms with van der Waals surface area (Å²) in [7, 11) is 2.16. The van der Waals surface area contributed by atoms with Gasteiger partial charge in [0.2, 0.25) is 0 Å². The molecule has 2 aromatic rings. The minimum absolute atomic E-state index is 1.09. The SMILES string of the molecule is CCSc1ccc2c(c1)c1c(n2C)C=CCS1. The molecule has 0 N–H and O–H groups in total. The van der Waals surface area contributed by atoms with Gasteiger partial charge in [-0.3, -0.25) is 0 Å². The normalized spacial score (nSPS) is 14.2. The third kappa shape index (κ3) is 1.81. The van der Waals surface area contributed by atoms with Crippen LogP contribution in [0.4, 0.5) is 0 Å². The van der Waals surface area contributed by atoms with Crippen LogP contribution in [-0.2, 0) is 7.05 Å². The van der Waals surface area contributed by atoms with E-state index in [0.717, 1.165) is 11.5 Å². The van der Waals surface area contributed by atoms with Crippen LogP contribution in [0.15, 0.2) is 34.1 Å². The van der Waals surface area contributed by atoms with Crippen LogP contribution >= 0.6 is 23.5 Å². The van der Waals surface area contributed by atoms with Crippen LogP contribution in [0.1, 0.15) is 12.6 Å². The van der Waals surface area contributed by atoms with Crippen LogP contribution in [0.3, 0.4) is 0 Å². The molecular formula is C14H15NS2. The Morgan fingerprint density at radius 1 is 1.41 bits per heavy atom. The zero-order chi connectivity index (χ0) is 11.8. The predicted molar refractivity (Wildman–Crippen MR) is 79.1 cm³/mol. The first kappa shape index (κ1) is 11.3. The molecule has 1 aliphatic rings. The Kier molecular flexibility index (Phi) is 2.97. The molecule has 0 aliphatic carbocycles. The molecule has 1 aliphatic heterocycles. The van der Waals surface area contributed by atoms with Gasteiger partial charge in [0.25, 0.3) is 0 Å². The molecule has 0 spiro atoms. The number of hydrogen-bond acceptors (Lipinski definition) is 2. The fourth-order valence-corrected chi connectivity index (χ4v) is 4.03. The molecule has 0 atom stereocenters. The van der Waals surface area contributed by atoms with Gasteiger partial charge < -0.3 is 4.57 Å². The zero-order valence-electron chi connectivity index (χ0n) is 10.1. The van der Waals surface area contributed by atoms with E-state index in [1.165, 1.54) is 26.4 Å². The van der Waals surface area contributed by atoms with Crippen molar-refractivity contribution >= 4 is 40.5 Å². The molecule has 0 radical (unpaired) electrons. The molecule has 2 heterocycles. The van der Waals surface area contributed by atoms with Gasteiger partial charge in [0.1, 0.15) is 0 Å². The highest BCUT2D eigenvalue weighted by Gasteiger charge is 2.15. The monoisotopic (exact) mass is 261 g/mol. The van der Waals surface area contributed by atoms with Gasteiger partial charge in [0.15, 0.2) is 0 Å². The van der Waals surface area contributed by atoms with Gasteiger partial charge in [-0.15, -0.1) is 23.5 Å². The van der Waals surface area contributed by atoms with Crippen LogP contribution in [0.2, 0.25) is 0 Å². The number of nitrogens with zero attached hydrogens (tertiary/aromatic N) is 1. The summed E-state index contributed by atoms with van der Waals surface area (Å²) in [5.74, 6) is 2.23. The smallest absolute Gasteiger partial charge is 0.0550 e. The standard InChI is InChI=1S/C14H15NS2/c1-3-16-10-6-7-12-11(9-10)14-13(15(12)2)5-4-8-17-14/h4-7,9H,3,8H2,1-2H3. The van der Waals surface area contributed by atoms with Crippen molar-refractivity contribution in [1.29, 1.82) is 0 Å². The molecule has 1 aromatic heterocycles. The Morgan fingerprint density at radius 2 is 2.29 bits per heavy atom. The van der Waals surface area contributed by atoms with Crippen molar-refractivity contribution in [1.82, 2.24) is 4.57 Å². The van der Waals surface area contributed by atoms with E-state index in [0.29, 0.717) is 0 Å². The number of aryl methyl sites for hydroxylation is 1. The minimum atomic E-state index is 1.09. The van der Waals surface area contributed by atoms with Crippen LogP contribution in [0.25, 0.3) is 17.0 Å². The third-order valence-corrected chi connectivity index (χ3v) is 5.03. The third-order valence-electron chi connectivity index (χ3n) is 3.08. The van der Waals surface area contributed by atoms with E-state index >= 15 is 0 Å². The summed E-state index contributed by atoms with van der Waals surface area (Å²) >= 11 is 3.86. The lowest BCUT2D eigenvalue weighted by molar-refractivity contribution is 0.940. The second-order valence-corrected chi connectivity index (χ2v) is 6.47. The molecule has 0 fully saturated rings. The average Bonchev–Trinajstić information content (AvgIpc) is 2.65. The highest BCUT2D eigenvalue weighted by Crippen LogP contribution is 2.38. The largest absolute Gasteiger partial charge is 0.343 e. The quantitative estimate of drug-likeness (QED) is 0.738. The van der Waals surface area contributed by atoms with Crippen molar-refractivity contribution in [2.45, 2.75) is 16.7 Å². The lowest BCUT2D eigenvalue weighted by Crippen LogP contribution is -1.93. The molecule has 3 rings (SSSR count). The number of benzene rings is 1. The first-order valence-corrected chi connectivity index (χ1v) is 7.83. The van der Waals surface area contributed by atoms with Crippen molar-refractivity contribution in [2.75, 3.05) is 11.5 Å². The molecule has 1 nitrogen and oxygen atoms in total. The number of fused-ring (bicyclic) bond motifs is 3. The Morgan fingerprint density at radius 3 is 3.12 bits per heavy atom. The molecule has 0 bridgehead atoms. The first-order valence-electron chi connectivity index (χ1n) is 5.86. The second kappa shape index (κ2) is 4.46. The van der Waals surface area contributed by atoms with Gasteiger partial charge in [-0.1, -0.05) is 13.0 Å². The summed E-state index contributed by atoms with van der Waals surface area (Å²) in [6.07, 6.45) is 4.49. The molecule has 0 saturated carbocycles. The van der Waals surface area contributed by atoms with Gasteiger partial charge in [0, 0.05) is 33.5 Å². The summed E-state index contributed by atoms with van der Waals surface area (Å²) in [5.41, 5.74) is 2.70. The Labute approximate surface area is 110 Å². The summed E-state index contributed by atoms with van der Waals surface area (Å²) in [6, 6.07) is 6.82. The van der Waals surface area contributed by atoms with Crippen LogP contribution in [0.5, 0.6) is 0 Å². The lowest BCUT2D eigenvalue weighted by Gasteiger charge is -2.06. The Bertz CT molecular complexity index is 596. The van der Waals surface area contributed by atoms with Gasteiger partial charge in [-0.05, 0) is 30.0 Å². The maximum Gasteiger partial charge on any atom is 0.0550 e. The summed E-state index contributed by atoms with van der Waals surface area (Å²) in [4.78, 5) is 2.83. The first-order chi connectivity index (χ1) is 8.31. The molecule has 0 unspecified atom stereocenters. The predicted octanol–water partition coefficient (Wildman–Crippen LogP) is 4.41. The number of rotatable bonds is 2. The Hall–Kier alpha value is -0.800. The van der Waals surface area contributed by atoms with E-state index in [1.54, 1.807) is 0 Å². The van der Waals surface area contributed by atoms with E-state index in [2.05, 4.69) is 48.9 Å². The van der Waals surface area contributed by atoms with E-state index in [1.807, 2.05) is 23.5 Å². The molecular weight excluding hydrogens is 246 g/mol. The van der Waals surface area contributed by atoms with Crippen molar-refractivity contribution < 1.29 is 0 Å².